The fraction of sp³-hybridized carbons (Fsp3) is 0.816. The molecule has 5 nitrogen and oxygen atoms in total. The van der Waals surface area contributed by atoms with Crippen molar-refractivity contribution in [1.82, 2.24) is 5.32 Å². The van der Waals surface area contributed by atoms with Crippen LogP contribution in [0.5, 0.6) is 0 Å². The third-order valence-corrected chi connectivity index (χ3v) is 8.16. The molecule has 4 N–H and O–H groups in total. The van der Waals surface area contributed by atoms with Gasteiger partial charge in [0.1, 0.15) is 0 Å². The minimum Gasteiger partial charge on any atom is -0.394 e. The average Bonchev–Trinajstić information content (AvgIpc) is 3.00. The fourth-order valence-corrected chi connectivity index (χ4v) is 5.31. The molecule has 0 bridgehead atoms. The molecular weight excluding hydrogens is 534 g/mol. The third kappa shape index (κ3) is 30.4. The van der Waals surface area contributed by atoms with E-state index in [0.717, 1.165) is 38.5 Å². The molecule has 3 atom stereocenters. The van der Waals surface area contributed by atoms with Crippen LogP contribution < -0.4 is 5.32 Å². The van der Waals surface area contributed by atoms with Crippen molar-refractivity contribution in [1.29, 1.82) is 0 Å². The molecule has 0 aliphatic carbocycles. The smallest absolute Gasteiger partial charge is 0.222 e. The molecule has 3 unspecified atom stereocenters. The van der Waals surface area contributed by atoms with Crippen molar-refractivity contribution >= 4 is 5.91 Å². The van der Waals surface area contributed by atoms with Crippen LogP contribution in [0.25, 0.3) is 0 Å². The summed E-state index contributed by atoms with van der Waals surface area (Å²) >= 11 is 0. The van der Waals surface area contributed by atoms with Gasteiger partial charge in [0, 0.05) is 0 Å². The van der Waals surface area contributed by atoms with Crippen LogP contribution in [0.2, 0.25) is 0 Å². The van der Waals surface area contributed by atoms with E-state index in [4.69, 9.17) is 0 Å². The maximum absolute atomic E-state index is 12.3. The number of rotatable bonds is 32. The number of carbonyl (C=O) groups is 1. The standard InChI is InChI=1S/C38H71NO4/c1-3-5-7-9-11-13-15-16-17-18-19-20-22-24-26-28-30-32-37(42)36(34-40)39-38(43)33-35(41)31-29-27-25-23-21-14-12-10-8-6-4-2/h17-18,22,24,30,32,35-37,40-42H,3-16,19-21,23,25-29,31,33-34H2,1-2H3,(H,39,43)/b18-17+,24-22+,32-30+. The van der Waals surface area contributed by atoms with Gasteiger partial charge in [-0.25, -0.2) is 0 Å². The molecule has 0 radical (unpaired) electrons. The Labute approximate surface area is 266 Å². The van der Waals surface area contributed by atoms with Crippen molar-refractivity contribution in [3.8, 4) is 0 Å². The van der Waals surface area contributed by atoms with Gasteiger partial charge in [0.2, 0.25) is 5.91 Å². The summed E-state index contributed by atoms with van der Waals surface area (Å²) in [5.41, 5.74) is 0. The van der Waals surface area contributed by atoms with Gasteiger partial charge in [0.25, 0.3) is 0 Å². The lowest BCUT2D eigenvalue weighted by atomic mass is 10.0. The predicted molar refractivity (Wildman–Crippen MR) is 185 cm³/mol. The zero-order chi connectivity index (χ0) is 31.6. The molecule has 0 aromatic rings. The van der Waals surface area contributed by atoms with Gasteiger partial charge in [0.15, 0.2) is 0 Å². The second-order valence-electron chi connectivity index (χ2n) is 12.5. The summed E-state index contributed by atoms with van der Waals surface area (Å²) in [7, 11) is 0. The number of nitrogens with one attached hydrogen (secondary N) is 1. The van der Waals surface area contributed by atoms with Gasteiger partial charge in [-0.05, 0) is 44.9 Å². The highest BCUT2D eigenvalue weighted by atomic mass is 16.3. The van der Waals surface area contributed by atoms with E-state index >= 15 is 0 Å². The molecule has 0 aromatic carbocycles. The number of hydrogen-bond acceptors (Lipinski definition) is 4. The Morgan fingerprint density at radius 1 is 0.581 bits per heavy atom. The van der Waals surface area contributed by atoms with Gasteiger partial charge in [-0.15, -0.1) is 0 Å². The summed E-state index contributed by atoms with van der Waals surface area (Å²) in [4.78, 5) is 12.3. The van der Waals surface area contributed by atoms with Crippen LogP contribution >= 0.6 is 0 Å². The van der Waals surface area contributed by atoms with Crippen LogP contribution in [0.1, 0.15) is 174 Å². The van der Waals surface area contributed by atoms with Gasteiger partial charge in [-0.1, -0.05) is 159 Å². The largest absolute Gasteiger partial charge is 0.394 e. The minimum atomic E-state index is -0.955. The summed E-state index contributed by atoms with van der Waals surface area (Å²) < 4.78 is 0. The molecule has 43 heavy (non-hydrogen) atoms. The Hall–Kier alpha value is -1.43. The van der Waals surface area contributed by atoms with Gasteiger partial charge < -0.3 is 20.6 Å². The van der Waals surface area contributed by atoms with E-state index in [9.17, 15) is 20.1 Å². The third-order valence-electron chi connectivity index (χ3n) is 8.16. The molecule has 0 aliphatic heterocycles. The number of hydrogen-bond donors (Lipinski definition) is 4. The van der Waals surface area contributed by atoms with Crippen molar-refractivity contribution in [2.75, 3.05) is 6.61 Å². The number of aliphatic hydroxyl groups is 3. The van der Waals surface area contributed by atoms with E-state index < -0.39 is 18.2 Å². The first kappa shape index (κ1) is 41.6. The molecule has 0 heterocycles. The molecule has 0 saturated heterocycles. The molecule has 252 valence electrons. The van der Waals surface area contributed by atoms with Crippen LogP contribution in [0, 0.1) is 0 Å². The second kappa shape index (κ2) is 33.5. The lowest BCUT2D eigenvalue weighted by Gasteiger charge is -2.21. The summed E-state index contributed by atoms with van der Waals surface area (Å²) in [5, 5.41) is 33.0. The Kier molecular flexibility index (Phi) is 32.3. The highest BCUT2D eigenvalue weighted by Gasteiger charge is 2.20. The normalized spacial score (nSPS) is 14.3. The molecule has 0 saturated carbocycles. The average molecular weight is 606 g/mol. The molecule has 5 heteroatoms. The summed E-state index contributed by atoms with van der Waals surface area (Å²) in [6.45, 7) is 4.16. The predicted octanol–water partition coefficient (Wildman–Crippen LogP) is 9.65. The van der Waals surface area contributed by atoms with Crippen LogP contribution in [-0.2, 0) is 4.79 Å². The Balaban J connectivity index is 3.83. The van der Waals surface area contributed by atoms with Crippen LogP contribution in [0.4, 0.5) is 0 Å². The Bertz CT molecular complexity index is 675. The minimum absolute atomic E-state index is 0.00377. The van der Waals surface area contributed by atoms with Crippen molar-refractivity contribution in [2.24, 2.45) is 0 Å². The SMILES string of the molecule is CCCCCCCCC/C=C/CC/C=C/CC/C=C/C(O)C(CO)NC(=O)CC(O)CCCCCCCCCCCCC. The van der Waals surface area contributed by atoms with Gasteiger partial charge in [-0.3, -0.25) is 4.79 Å². The van der Waals surface area contributed by atoms with Crippen molar-refractivity contribution in [2.45, 2.75) is 193 Å². The molecule has 0 aromatic heterocycles. The highest BCUT2D eigenvalue weighted by molar-refractivity contribution is 5.76. The number of allylic oxidation sites excluding steroid dienone is 5. The zero-order valence-corrected chi connectivity index (χ0v) is 28.3. The molecule has 0 spiro atoms. The van der Waals surface area contributed by atoms with E-state index in [-0.39, 0.29) is 18.9 Å². The van der Waals surface area contributed by atoms with Crippen molar-refractivity contribution in [3.05, 3.63) is 36.5 Å². The van der Waals surface area contributed by atoms with Crippen molar-refractivity contribution in [3.63, 3.8) is 0 Å². The lowest BCUT2D eigenvalue weighted by Crippen LogP contribution is -2.45. The molecule has 0 fully saturated rings. The first-order valence-corrected chi connectivity index (χ1v) is 18.3. The number of aliphatic hydroxyl groups excluding tert-OH is 3. The number of unbranched alkanes of at least 4 members (excludes halogenated alkanes) is 19. The summed E-state index contributed by atoms with van der Waals surface area (Å²) in [6, 6.07) is -0.763. The van der Waals surface area contributed by atoms with E-state index in [0.29, 0.717) is 6.42 Å². The van der Waals surface area contributed by atoms with Crippen molar-refractivity contribution < 1.29 is 20.1 Å². The monoisotopic (exact) mass is 606 g/mol. The first-order valence-electron chi connectivity index (χ1n) is 18.3. The molecular formula is C38H71NO4. The van der Waals surface area contributed by atoms with Crippen LogP contribution in [-0.4, -0.2) is 46.1 Å². The molecule has 1 amide bonds. The van der Waals surface area contributed by atoms with Gasteiger partial charge in [-0.2, -0.15) is 0 Å². The quantitative estimate of drug-likeness (QED) is 0.0454. The van der Waals surface area contributed by atoms with E-state index in [1.54, 1.807) is 6.08 Å². The summed E-state index contributed by atoms with van der Waals surface area (Å²) in [5.74, 6) is -0.332. The van der Waals surface area contributed by atoms with Gasteiger partial charge in [0.05, 0.1) is 31.3 Å². The zero-order valence-electron chi connectivity index (χ0n) is 28.3. The second-order valence-corrected chi connectivity index (χ2v) is 12.5. The number of carbonyl (C=O) groups excluding carboxylic acids is 1. The fourth-order valence-electron chi connectivity index (χ4n) is 5.31. The van der Waals surface area contributed by atoms with E-state index in [1.165, 1.54) is 109 Å². The van der Waals surface area contributed by atoms with Gasteiger partial charge >= 0.3 is 0 Å². The lowest BCUT2D eigenvalue weighted by molar-refractivity contribution is -0.124. The maximum atomic E-state index is 12.3. The molecule has 0 aliphatic rings. The topological polar surface area (TPSA) is 89.8 Å². The number of amides is 1. The highest BCUT2D eigenvalue weighted by Crippen LogP contribution is 2.14. The first-order chi connectivity index (χ1) is 21.0. The van der Waals surface area contributed by atoms with E-state index in [2.05, 4.69) is 43.5 Å². The van der Waals surface area contributed by atoms with E-state index in [1.807, 2.05) is 6.08 Å². The Morgan fingerprint density at radius 3 is 1.49 bits per heavy atom. The Morgan fingerprint density at radius 2 is 1.00 bits per heavy atom. The van der Waals surface area contributed by atoms with Crippen LogP contribution in [0.15, 0.2) is 36.5 Å². The summed E-state index contributed by atoms with van der Waals surface area (Å²) in [6.07, 6.45) is 39.8. The molecule has 0 rings (SSSR count). The maximum Gasteiger partial charge on any atom is 0.222 e. The van der Waals surface area contributed by atoms with Crippen LogP contribution in [0.3, 0.4) is 0 Å².